The molecule has 0 radical (unpaired) electrons. The van der Waals surface area contributed by atoms with E-state index in [0.29, 0.717) is 0 Å². The number of hydrogen-bond acceptors (Lipinski definition) is 2. The molecule has 1 aliphatic rings. The highest BCUT2D eigenvalue weighted by atomic mass is 16.7. The first-order valence-corrected chi connectivity index (χ1v) is 4.41. The van der Waals surface area contributed by atoms with Crippen LogP contribution in [0.25, 0.3) is 0 Å². The molecule has 0 N–H and O–H groups in total. The summed E-state index contributed by atoms with van der Waals surface area (Å²) in [6.07, 6.45) is 0.250. The number of rotatable bonds is 2. The first-order chi connectivity index (χ1) is 5.29. The topological polar surface area (TPSA) is 18.5 Å². The smallest absolute Gasteiger partial charge is 0.163 e. The number of nitrogens with zero attached hydrogens (tertiary/aromatic N) is 1. The van der Waals surface area contributed by atoms with E-state index in [2.05, 4.69) is 21.1 Å². The maximum absolute atomic E-state index is 5.69. The fourth-order valence-electron chi connectivity index (χ4n) is 1.46. The lowest BCUT2D eigenvalue weighted by atomic mass is 10.3. The van der Waals surface area contributed by atoms with Crippen LogP contribution in [0.4, 0.5) is 0 Å². The second-order valence-electron chi connectivity index (χ2n) is 4.92. The number of likely N-dealkylation sites (N-methyl/N-ethyl adjacent to an activating group) is 1. The summed E-state index contributed by atoms with van der Waals surface area (Å²) >= 11 is 0. The van der Waals surface area contributed by atoms with Gasteiger partial charge in [0, 0.05) is 0 Å². The molecule has 0 bridgehead atoms. The predicted molar refractivity (Wildman–Crippen MR) is 47.8 cm³/mol. The summed E-state index contributed by atoms with van der Waals surface area (Å²) in [6, 6.07) is 0. The van der Waals surface area contributed by atoms with Gasteiger partial charge in [0.1, 0.15) is 12.6 Å². The monoisotopic (exact) mass is 174 g/mol. The Morgan fingerprint density at radius 3 is 2.25 bits per heavy atom. The summed E-state index contributed by atoms with van der Waals surface area (Å²) in [6.45, 7) is 5.65. The molecule has 1 heterocycles. The van der Waals surface area contributed by atoms with Crippen LogP contribution in [0.2, 0.25) is 0 Å². The highest BCUT2D eigenvalue weighted by Gasteiger charge is 2.35. The molecule has 0 unspecified atom stereocenters. The van der Waals surface area contributed by atoms with Crippen molar-refractivity contribution >= 4 is 0 Å². The SMILES string of the molecule is CC1(C)OC[C@H](C[N+](C)(C)C)O1. The normalized spacial score (nSPS) is 29.2. The second-order valence-corrected chi connectivity index (χ2v) is 4.92. The van der Waals surface area contributed by atoms with Gasteiger partial charge in [-0.1, -0.05) is 0 Å². The lowest BCUT2D eigenvalue weighted by molar-refractivity contribution is -0.873. The van der Waals surface area contributed by atoms with Crippen molar-refractivity contribution in [2.75, 3.05) is 34.3 Å². The number of quaternary nitrogens is 1. The Morgan fingerprint density at radius 2 is 1.92 bits per heavy atom. The van der Waals surface area contributed by atoms with Crippen LogP contribution >= 0.6 is 0 Å². The third kappa shape index (κ3) is 3.09. The third-order valence-corrected chi connectivity index (χ3v) is 1.82. The molecule has 0 aromatic carbocycles. The molecule has 0 aromatic heterocycles. The minimum atomic E-state index is -0.375. The highest BCUT2D eigenvalue weighted by molar-refractivity contribution is 4.69. The standard InChI is InChI=1S/C9H20NO2/c1-9(2)11-7-8(12-9)6-10(3,4)5/h8H,6-7H2,1-5H3/q+1/t8-/m0/s1. The van der Waals surface area contributed by atoms with E-state index in [0.717, 1.165) is 17.6 Å². The van der Waals surface area contributed by atoms with Gasteiger partial charge < -0.3 is 14.0 Å². The van der Waals surface area contributed by atoms with Crippen molar-refractivity contribution in [3.8, 4) is 0 Å². The van der Waals surface area contributed by atoms with Crippen LogP contribution < -0.4 is 0 Å². The highest BCUT2D eigenvalue weighted by Crippen LogP contribution is 2.23. The van der Waals surface area contributed by atoms with Gasteiger partial charge in [-0.2, -0.15) is 0 Å². The van der Waals surface area contributed by atoms with Gasteiger partial charge in [-0.05, 0) is 13.8 Å². The minimum Gasteiger partial charge on any atom is -0.348 e. The molecular weight excluding hydrogens is 154 g/mol. The van der Waals surface area contributed by atoms with Crippen molar-refractivity contribution in [1.29, 1.82) is 0 Å². The van der Waals surface area contributed by atoms with E-state index in [1.54, 1.807) is 0 Å². The van der Waals surface area contributed by atoms with Crippen LogP contribution in [0.5, 0.6) is 0 Å². The van der Waals surface area contributed by atoms with Crippen molar-refractivity contribution in [3.63, 3.8) is 0 Å². The molecule has 3 nitrogen and oxygen atoms in total. The molecule has 72 valence electrons. The first-order valence-electron chi connectivity index (χ1n) is 4.41. The van der Waals surface area contributed by atoms with Gasteiger partial charge in [0.2, 0.25) is 0 Å². The molecular formula is C9H20NO2+. The fraction of sp³-hybridized carbons (Fsp3) is 1.00. The van der Waals surface area contributed by atoms with Crippen LogP contribution in [0.15, 0.2) is 0 Å². The summed E-state index contributed by atoms with van der Waals surface area (Å²) in [5.74, 6) is -0.375. The Morgan fingerprint density at radius 1 is 1.33 bits per heavy atom. The summed E-state index contributed by atoms with van der Waals surface area (Å²) < 4.78 is 12.1. The van der Waals surface area contributed by atoms with Gasteiger partial charge in [0.15, 0.2) is 5.79 Å². The van der Waals surface area contributed by atoms with Gasteiger partial charge in [0.05, 0.1) is 27.7 Å². The summed E-state index contributed by atoms with van der Waals surface area (Å²) in [5, 5.41) is 0. The van der Waals surface area contributed by atoms with Crippen LogP contribution in [-0.2, 0) is 9.47 Å². The molecule has 0 aliphatic carbocycles. The fourth-order valence-corrected chi connectivity index (χ4v) is 1.46. The molecule has 1 fully saturated rings. The average Bonchev–Trinajstić information content (AvgIpc) is 2.05. The molecule has 12 heavy (non-hydrogen) atoms. The molecule has 1 atom stereocenters. The van der Waals surface area contributed by atoms with Crippen LogP contribution in [0, 0.1) is 0 Å². The van der Waals surface area contributed by atoms with Crippen LogP contribution in [-0.4, -0.2) is 50.7 Å². The third-order valence-electron chi connectivity index (χ3n) is 1.82. The maximum Gasteiger partial charge on any atom is 0.163 e. The maximum atomic E-state index is 5.69. The quantitative estimate of drug-likeness (QED) is 0.578. The van der Waals surface area contributed by atoms with Gasteiger partial charge in [-0.15, -0.1) is 0 Å². The van der Waals surface area contributed by atoms with Gasteiger partial charge in [0.25, 0.3) is 0 Å². The molecule has 0 aromatic rings. The minimum absolute atomic E-state index is 0.250. The van der Waals surface area contributed by atoms with E-state index >= 15 is 0 Å². The van der Waals surface area contributed by atoms with Gasteiger partial charge in [-0.3, -0.25) is 0 Å². The molecule has 1 rings (SSSR count). The van der Waals surface area contributed by atoms with Crippen molar-refractivity contribution in [1.82, 2.24) is 0 Å². The van der Waals surface area contributed by atoms with E-state index in [1.807, 2.05) is 13.8 Å². The van der Waals surface area contributed by atoms with E-state index in [4.69, 9.17) is 9.47 Å². The Hall–Kier alpha value is -0.120. The Balaban J connectivity index is 2.39. The van der Waals surface area contributed by atoms with Gasteiger partial charge in [-0.25, -0.2) is 0 Å². The molecule has 0 amide bonds. The number of hydrogen-bond donors (Lipinski definition) is 0. The molecule has 3 heteroatoms. The van der Waals surface area contributed by atoms with E-state index in [9.17, 15) is 0 Å². The van der Waals surface area contributed by atoms with Crippen molar-refractivity contribution in [2.24, 2.45) is 0 Å². The van der Waals surface area contributed by atoms with Crippen molar-refractivity contribution < 1.29 is 14.0 Å². The molecule has 1 saturated heterocycles. The predicted octanol–water partition coefficient (Wildman–Crippen LogP) is 0.844. The lowest BCUT2D eigenvalue weighted by Gasteiger charge is -2.27. The Bertz CT molecular complexity index is 160. The van der Waals surface area contributed by atoms with Crippen LogP contribution in [0.3, 0.4) is 0 Å². The molecule has 0 saturated carbocycles. The van der Waals surface area contributed by atoms with Crippen molar-refractivity contribution in [2.45, 2.75) is 25.7 Å². The van der Waals surface area contributed by atoms with Crippen LogP contribution in [0.1, 0.15) is 13.8 Å². The van der Waals surface area contributed by atoms with Crippen molar-refractivity contribution in [3.05, 3.63) is 0 Å². The van der Waals surface area contributed by atoms with E-state index < -0.39 is 0 Å². The van der Waals surface area contributed by atoms with E-state index in [-0.39, 0.29) is 11.9 Å². The second kappa shape index (κ2) is 2.98. The summed E-state index contributed by atoms with van der Waals surface area (Å²) in [5.41, 5.74) is 0. The molecule has 1 aliphatic heterocycles. The average molecular weight is 174 g/mol. The van der Waals surface area contributed by atoms with E-state index in [1.165, 1.54) is 0 Å². The largest absolute Gasteiger partial charge is 0.348 e. The first kappa shape index (κ1) is 9.96. The van der Waals surface area contributed by atoms with Gasteiger partial charge >= 0.3 is 0 Å². The summed E-state index contributed by atoms with van der Waals surface area (Å²) in [7, 11) is 6.48. The zero-order valence-electron chi connectivity index (χ0n) is 8.76. The Kier molecular flexibility index (Phi) is 2.47. The summed E-state index contributed by atoms with van der Waals surface area (Å²) in [4.78, 5) is 0. The molecule has 0 spiro atoms. The zero-order chi connectivity index (χ0) is 9.41. The lowest BCUT2D eigenvalue weighted by Crippen LogP contribution is -2.42. The number of ether oxygens (including phenoxy) is 2. The Labute approximate surface area is 74.8 Å². The zero-order valence-corrected chi connectivity index (χ0v) is 8.76.